The van der Waals surface area contributed by atoms with Gasteiger partial charge < -0.3 is 14.2 Å². The third-order valence-electron chi connectivity index (χ3n) is 11.4. The molecule has 0 aliphatic carbocycles. The van der Waals surface area contributed by atoms with Gasteiger partial charge in [-0.1, -0.05) is 259 Å². The van der Waals surface area contributed by atoms with E-state index >= 15 is 0 Å². The minimum atomic E-state index is -0.836. The summed E-state index contributed by atoms with van der Waals surface area (Å²) in [5, 5.41) is 0. The van der Waals surface area contributed by atoms with Gasteiger partial charge in [0.15, 0.2) is 6.10 Å². The van der Waals surface area contributed by atoms with Crippen LogP contribution in [-0.2, 0) is 28.6 Å². The zero-order chi connectivity index (χ0) is 48.6. The van der Waals surface area contributed by atoms with E-state index in [9.17, 15) is 14.4 Å². The highest BCUT2D eigenvalue weighted by molar-refractivity contribution is 5.71. The first kappa shape index (κ1) is 63.1. The number of rotatable bonds is 48. The van der Waals surface area contributed by atoms with Crippen molar-refractivity contribution < 1.29 is 28.6 Å². The molecule has 0 aromatic carbocycles. The van der Waals surface area contributed by atoms with Crippen molar-refractivity contribution in [3.8, 4) is 0 Å². The normalized spacial score (nSPS) is 12.9. The number of carbonyl (C=O) groups excluding carboxylic acids is 3. The maximum absolute atomic E-state index is 12.8. The largest absolute Gasteiger partial charge is 0.462 e. The van der Waals surface area contributed by atoms with Crippen molar-refractivity contribution in [1.82, 2.24) is 0 Å². The average molecular weight is 929 g/mol. The van der Waals surface area contributed by atoms with Crippen molar-refractivity contribution in [2.45, 2.75) is 245 Å². The number of ether oxygens (including phenoxy) is 3. The Hall–Kier alpha value is -3.93. The number of allylic oxidation sites excluding steroid dienone is 18. The molecule has 67 heavy (non-hydrogen) atoms. The van der Waals surface area contributed by atoms with Crippen LogP contribution in [0.1, 0.15) is 239 Å². The summed E-state index contributed by atoms with van der Waals surface area (Å²) in [6.45, 7) is 6.36. The molecule has 0 aromatic heterocycles. The van der Waals surface area contributed by atoms with E-state index in [-0.39, 0.29) is 44.0 Å². The van der Waals surface area contributed by atoms with Crippen molar-refractivity contribution in [2.75, 3.05) is 13.2 Å². The molecule has 0 rings (SSSR count). The quantitative estimate of drug-likeness (QED) is 0.0199. The second kappa shape index (κ2) is 54.7. The Kier molecular flexibility index (Phi) is 51.5. The van der Waals surface area contributed by atoms with Gasteiger partial charge in [-0.05, 0) is 70.6 Å². The summed E-state index contributed by atoms with van der Waals surface area (Å²) in [6.07, 6.45) is 73.8. The minimum absolute atomic E-state index is 0.122. The smallest absolute Gasteiger partial charge is 0.306 e. The van der Waals surface area contributed by atoms with Gasteiger partial charge >= 0.3 is 17.9 Å². The molecule has 380 valence electrons. The Morgan fingerprint density at radius 3 is 1.10 bits per heavy atom. The van der Waals surface area contributed by atoms with Crippen molar-refractivity contribution in [3.63, 3.8) is 0 Å². The summed E-state index contributed by atoms with van der Waals surface area (Å²) in [5.41, 5.74) is 0. The van der Waals surface area contributed by atoms with E-state index in [2.05, 4.69) is 75.5 Å². The van der Waals surface area contributed by atoms with E-state index in [1.807, 2.05) is 54.7 Å². The molecule has 0 N–H and O–H groups in total. The van der Waals surface area contributed by atoms with Crippen LogP contribution in [0.5, 0.6) is 0 Å². The molecular formula is C61H100O6. The van der Waals surface area contributed by atoms with Crippen LogP contribution in [-0.4, -0.2) is 37.2 Å². The molecular weight excluding hydrogens is 829 g/mol. The van der Waals surface area contributed by atoms with E-state index in [1.165, 1.54) is 128 Å². The molecule has 0 spiro atoms. The predicted molar refractivity (Wildman–Crippen MR) is 288 cm³/mol. The molecule has 0 radical (unpaired) electrons. The number of carbonyl (C=O) groups is 3. The van der Waals surface area contributed by atoms with E-state index in [1.54, 1.807) is 0 Å². The van der Waals surface area contributed by atoms with Gasteiger partial charge in [0, 0.05) is 19.3 Å². The Morgan fingerprint density at radius 1 is 0.328 bits per heavy atom. The molecule has 6 nitrogen and oxygen atoms in total. The Balaban J connectivity index is 4.51. The van der Waals surface area contributed by atoms with Crippen LogP contribution in [0.4, 0.5) is 0 Å². The van der Waals surface area contributed by atoms with Gasteiger partial charge in [-0.25, -0.2) is 0 Å². The Bertz CT molecular complexity index is 1390. The average Bonchev–Trinajstić information content (AvgIpc) is 3.33. The Labute approximate surface area is 412 Å². The van der Waals surface area contributed by atoms with E-state index in [0.717, 1.165) is 57.8 Å². The fourth-order valence-electron chi connectivity index (χ4n) is 7.29. The number of esters is 3. The fraction of sp³-hybridized carbons (Fsp3) is 0.656. The third-order valence-corrected chi connectivity index (χ3v) is 11.4. The van der Waals surface area contributed by atoms with Gasteiger partial charge in [0.05, 0.1) is 0 Å². The van der Waals surface area contributed by atoms with Gasteiger partial charge in [0.25, 0.3) is 0 Å². The lowest BCUT2D eigenvalue weighted by molar-refractivity contribution is -0.167. The lowest BCUT2D eigenvalue weighted by atomic mass is 10.0. The predicted octanol–water partition coefficient (Wildman–Crippen LogP) is 18.3. The van der Waals surface area contributed by atoms with Crippen LogP contribution in [0.2, 0.25) is 0 Å². The first-order valence-corrected chi connectivity index (χ1v) is 27.5. The molecule has 1 unspecified atom stereocenters. The molecule has 0 bridgehead atoms. The summed E-state index contributed by atoms with van der Waals surface area (Å²) < 4.78 is 16.7. The number of hydrogen-bond acceptors (Lipinski definition) is 6. The van der Waals surface area contributed by atoms with Gasteiger partial charge in [-0.15, -0.1) is 0 Å². The molecule has 0 amide bonds. The summed E-state index contributed by atoms with van der Waals surface area (Å²) in [7, 11) is 0. The summed E-state index contributed by atoms with van der Waals surface area (Å²) in [4.78, 5) is 38.0. The molecule has 0 aliphatic rings. The van der Waals surface area contributed by atoms with Crippen LogP contribution in [0, 0.1) is 0 Å². The molecule has 6 heteroatoms. The zero-order valence-corrected chi connectivity index (χ0v) is 43.4. The maximum atomic E-state index is 12.8. The van der Waals surface area contributed by atoms with Crippen molar-refractivity contribution in [3.05, 3.63) is 109 Å². The second-order valence-electron chi connectivity index (χ2n) is 17.9. The first-order chi connectivity index (χ1) is 33.0. The van der Waals surface area contributed by atoms with E-state index < -0.39 is 6.10 Å². The third kappa shape index (κ3) is 52.9. The molecule has 0 fully saturated rings. The van der Waals surface area contributed by atoms with Gasteiger partial charge in [0.2, 0.25) is 0 Å². The number of hydrogen-bond donors (Lipinski definition) is 0. The summed E-state index contributed by atoms with van der Waals surface area (Å²) >= 11 is 0. The van der Waals surface area contributed by atoms with Crippen molar-refractivity contribution >= 4 is 17.9 Å². The Morgan fingerprint density at radius 2 is 0.657 bits per heavy atom. The van der Waals surface area contributed by atoms with Crippen LogP contribution in [0.15, 0.2) is 109 Å². The highest BCUT2D eigenvalue weighted by Crippen LogP contribution is 2.15. The second-order valence-corrected chi connectivity index (χ2v) is 17.9. The zero-order valence-electron chi connectivity index (χ0n) is 43.4. The molecule has 0 saturated carbocycles. The molecule has 0 saturated heterocycles. The van der Waals surface area contributed by atoms with Crippen molar-refractivity contribution in [2.24, 2.45) is 0 Å². The fourth-order valence-corrected chi connectivity index (χ4v) is 7.29. The maximum Gasteiger partial charge on any atom is 0.306 e. The van der Waals surface area contributed by atoms with Gasteiger partial charge in [0.1, 0.15) is 13.2 Å². The molecule has 0 aliphatic heterocycles. The van der Waals surface area contributed by atoms with Crippen LogP contribution >= 0.6 is 0 Å². The lowest BCUT2D eigenvalue weighted by Crippen LogP contribution is -2.30. The van der Waals surface area contributed by atoms with Gasteiger partial charge in [-0.3, -0.25) is 14.4 Å². The van der Waals surface area contributed by atoms with Crippen LogP contribution < -0.4 is 0 Å². The monoisotopic (exact) mass is 929 g/mol. The highest BCUT2D eigenvalue weighted by Gasteiger charge is 2.19. The van der Waals surface area contributed by atoms with E-state index in [4.69, 9.17) is 14.2 Å². The SMILES string of the molecule is CC\C=C/C=C\C=C/C=C\C=C/CCCC(=O)OCC(COC(=O)CCCCCCCCCCCCCCCCCCCCC)OC(=O)CCC/C=C\C/C=C\C/C=C\C/C=C\CCCCC. The first-order valence-electron chi connectivity index (χ1n) is 27.5. The summed E-state index contributed by atoms with van der Waals surface area (Å²) in [6, 6.07) is 0. The van der Waals surface area contributed by atoms with Gasteiger partial charge in [-0.2, -0.15) is 0 Å². The van der Waals surface area contributed by atoms with Crippen molar-refractivity contribution in [1.29, 1.82) is 0 Å². The molecule has 0 heterocycles. The molecule has 1 atom stereocenters. The number of unbranched alkanes of at least 4 members (excludes halogenated alkanes) is 23. The molecule has 0 aromatic rings. The van der Waals surface area contributed by atoms with Crippen LogP contribution in [0.25, 0.3) is 0 Å². The standard InChI is InChI=1S/C61H100O6/c1-4-7-10-13-16-19-22-25-27-29-30-32-33-36-39-42-45-48-51-54-60(63)66-57-58(56-65-59(62)53-50-47-44-41-38-35-24-21-18-15-12-9-6-3)67-61(64)55-52-49-46-43-40-37-34-31-28-26-23-20-17-14-11-8-5-2/h9,12,15,17-18,20-21,24,26,28,34-35,37-38,41,43-44,46,58H,4-8,10-11,13-14,16,19,22-23,25,27,29-33,36,39-40,42,45,47-57H2,1-3H3/b12-9-,18-15-,20-17-,24-21-,28-26-,37-34-,38-35-,44-41-,46-43-. The lowest BCUT2D eigenvalue weighted by Gasteiger charge is -2.18. The summed E-state index contributed by atoms with van der Waals surface area (Å²) in [5.74, 6) is -1.06. The minimum Gasteiger partial charge on any atom is -0.462 e. The van der Waals surface area contributed by atoms with Crippen LogP contribution in [0.3, 0.4) is 0 Å². The highest BCUT2D eigenvalue weighted by atomic mass is 16.6. The topological polar surface area (TPSA) is 78.9 Å². The van der Waals surface area contributed by atoms with E-state index in [0.29, 0.717) is 19.3 Å².